The van der Waals surface area contributed by atoms with Crippen LogP contribution in [-0.2, 0) is 19.1 Å². The van der Waals surface area contributed by atoms with Crippen molar-refractivity contribution in [2.75, 3.05) is 0 Å². The smallest absolute Gasteiger partial charge is 0.416 e. The third kappa shape index (κ3) is 2.86. The van der Waals surface area contributed by atoms with E-state index in [0.717, 1.165) is 12.1 Å². The summed E-state index contributed by atoms with van der Waals surface area (Å²) in [6, 6.07) is 4.81. The fourth-order valence-corrected chi connectivity index (χ4v) is 1.43. The summed E-state index contributed by atoms with van der Waals surface area (Å²) in [5, 5.41) is 7.40. The Balaban J connectivity index is 2.11. The van der Waals surface area contributed by atoms with Gasteiger partial charge in [-0.3, -0.25) is 0 Å². The zero-order valence-corrected chi connectivity index (χ0v) is 9.24. The highest BCUT2D eigenvalue weighted by atomic mass is 19.4. The molecule has 7 heteroatoms. The van der Waals surface area contributed by atoms with Gasteiger partial charge in [-0.2, -0.15) is 13.2 Å². The van der Waals surface area contributed by atoms with Crippen LogP contribution in [0.5, 0.6) is 0 Å². The maximum atomic E-state index is 12.3. The van der Waals surface area contributed by atoms with Crippen LogP contribution < -0.4 is 5.73 Å². The van der Waals surface area contributed by atoms with E-state index in [0.29, 0.717) is 17.3 Å². The number of halogens is 3. The summed E-state index contributed by atoms with van der Waals surface area (Å²) < 4.78 is 42.2. The fraction of sp³-hybridized carbons (Fsp3) is 0.273. The quantitative estimate of drug-likeness (QED) is 0.914. The second-order valence-electron chi connectivity index (χ2n) is 3.67. The highest BCUT2D eigenvalue weighted by molar-refractivity contribution is 5.26. The summed E-state index contributed by atoms with van der Waals surface area (Å²) in [6.45, 7) is 0.139. The highest BCUT2D eigenvalue weighted by Crippen LogP contribution is 2.29. The lowest BCUT2D eigenvalue weighted by Gasteiger charge is -2.06. The lowest BCUT2D eigenvalue weighted by Crippen LogP contribution is -2.04. The molecule has 0 bridgehead atoms. The Bertz CT molecular complexity index is 519. The molecular formula is C11H10F3N3O. The van der Waals surface area contributed by atoms with Crippen molar-refractivity contribution in [3.8, 4) is 0 Å². The van der Waals surface area contributed by atoms with Crippen molar-refractivity contribution in [3.63, 3.8) is 0 Å². The van der Waals surface area contributed by atoms with Gasteiger partial charge in [0.25, 0.3) is 0 Å². The molecule has 0 aliphatic carbocycles. The van der Waals surface area contributed by atoms with Crippen molar-refractivity contribution in [2.24, 2.45) is 5.73 Å². The summed E-state index contributed by atoms with van der Waals surface area (Å²) in [5.41, 5.74) is 5.28. The molecule has 0 spiro atoms. The predicted octanol–water partition coefficient (Wildman–Crippen LogP) is 2.14. The molecular weight excluding hydrogens is 247 g/mol. The number of nitrogens with zero attached hydrogens (tertiary/aromatic N) is 2. The minimum absolute atomic E-state index is 0.139. The van der Waals surface area contributed by atoms with Gasteiger partial charge in [-0.1, -0.05) is 12.1 Å². The Kier molecular flexibility index (Phi) is 3.33. The Morgan fingerprint density at radius 3 is 2.17 bits per heavy atom. The number of alkyl halides is 3. The number of hydrogen-bond acceptors (Lipinski definition) is 4. The summed E-state index contributed by atoms with van der Waals surface area (Å²) in [5.74, 6) is 0.632. The lowest BCUT2D eigenvalue weighted by atomic mass is 10.1. The molecule has 96 valence electrons. The van der Waals surface area contributed by atoms with Crippen LogP contribution in [0.1, 0.15) is 22.9 Å². The molecule has 0 aliphatic rings. The maximum Gasteiger partial charge on any atom is 0.416 e. The molecule has 2 N–H and O–H groups in total. The topological polar surface area (TPSA) is 64.9 Å². The van der Waals surface area contributed by atoms with Crippen LogP contribution in [0.15, 0.2) is 28.7 Å². The van der Waals surface area contributed by atoms with Gasteiger partial charge >= 0.3 is 6.18 Å². The first-order chi connectivity index (χ1) is 8.49. The molecule has 0 fully saturated rings. The van der Waals surface area contributed by atoms with Crippen molar-refractivity contribution >= 4 is 0 Å². The molecule has 2 aromatic rings. The Morgan fingerprint density at radius 2 is 1.67 bits per heavy atom. The average molecular weight is 257 g/mol. The van der Waals surface area contributed by atoms with E-state index in [9.17, 15) is 13.2 Å². The lowest BCUT2D eigenvalue weighted by molar-refractivity contribution is -0.137. The van der Waals surface area contributed by atoms with Crippen molar-refractivity contribution < 1.29 is 17.6 Å². The van der Waals surface area contributed by atoms with E-state index >= 15 is 0 Å². The Hall–Kier alpha value is -1.89. The molecule has 1 heterocycles. The van der Waals surface area contributed by atoms with Gasteiger partial charge in [-0.05, 0) is 17.7 Å². The molecule has 18 heavy (non-hydrogen) atoms. The minimum Gasteiger partial charge on any atom is -0.424 e. The monoisotopic (exact) mass is 257 g/mol. The van der Waals surface area contributed by atoms with Gasteiger partial charge < -0.3 is 10.2 Å². The highest BCUT2D eigenvalue weighted by Gasteiger charge is 2.29. The summed E-state index contributed by atoms with van der Waals surface area (Å²) in [4.78, 5) is 0. The molecule has 0 radical (unpaired) electrons. The largest absolute Gasteiger partial charge is 0.424 e. The Labute approximate surface area is 101 Å². The van der Waals surface area contributed by atoms with Crippen molar-refractivity contribution in [2.45, 2.75) is 19.1 Å². The number of hydrogen-bond donors (Lipinski definition) is 1. The molecule has 2 rings (SSSR count). The maximum absolute atomic E-state index is 12.3. The zero-order chi connectivity index (χ0) is 13.2. The first kappa shape index (κ1) is 12.6. The number of benzene rings is 1. The molecule has 1 aromatic carbocycles. The van der Waals surface area contributed by atoms with E-state index < -0.39 is 11.7 Å². The van der Waals surface area contributed by atoms with Gasteiger partial charge in [0.1, 0.15) is 0 Å². The molecule has 0 amide bonds. The second kappa shape index (κ2) is 4.77. The van der Waals surface area contributed by atoms with Gasteiger partial charge in [0.05, 0.1) is 18.5 Å². The van der Waals surface area contributed by atoms with Crippen molar-refractivity contribution in [3.05, 3.63) is 47.2 Å². The van der Waals surface area contributed by atoms with Crippen LogP contribution in [0.25, 0.3) is 0 Å². The molecule has 1 aromatic heterocycles. The van der Waals surface area contributed by atoms with E-state index in [1.807, 2.05) is 0 Å². The van der Waals surface area contributed by atoms with Gasteiger partial charge in [0.2, 0.25) is 11.8 Å². The predicted molar refractivity (Wildman–Crippen MR) is 56.4 cm³/mol. The first-order valence-electron chi connectivity index (χ1n) is 5.16. The summed E-state index contributed by atoms with van der Waals surface area (Å²) in [7, 11) is 0. The second-order valence-corrected chi connectivity index (χ2v) is 3.67. The first-order valence-corrected chi connectivity index (χ1v) is 5.16. The number of aromatic nitrogens is 2. The molecule has 4 nitrogen and oxygen atoms in total. The van der Waals surface area contributed by atoms with Crippen LogP contribution >= 0.6 is 0 Å². The van der Waals surface area contributed by atoms with Crippen molar-refractivity contribution in [1.82, 2.24) is 10.2 Å². The van der Waals surface area contributed by atoms with Crippen LogP contribution in [0.3, 0.4) is 0 Å². The third-order valence-electron chi connectivity index (χ3n) is 2.32. The molecule has 0 atom stereocenters. The third-order valence-corrected chi connectivity index (χ3v) is 2.32. The van der Waals surface area contributed by atoms with E-state index in [1.54, 1.807) is 0 Å². The normalized spacial score (nSPS) is 11.8. The van der Waals surface area contributed by atoms with E-state index in [1.165, 1.54) is 12.1 Å². The van der Waals surface area contributed by atoms with Gasteiger partial charge in [0, 0.05) is 0 Å². The SMILES string of the molecule is NCc1nnc(Cc2ccc(C(F)(F)F)cc2)o1. The van der Waals surface area contributed by atoms with E-state index in [4.69, 9.17) is 10.2 Å². The van der Waals surface area contributed by atoms with E-state index in [-0.39, 0.29) is 13.0 Å². The molecule has 0 unspecified atom stereocenters. The molecule has 0 aliphatic heterocycles. The van der Waals surface area contributed by atoms with Gasteiger partial charge in [-0.25, -0.2) is 0 Å². The standard InChI is InChI=1S/C11H10F3N3O/c12-11(13,14)8-3-1-7(2-4-8)5-9-16-17-10(6-15)18-9/h1-4H,5-6,15H2. The van der Waals surface area contributed by atoms with Crippen LogP contribution in [0, 0.1) is 0 Å². The van der Waals surface area contributed by atoms with Crippen molar-refractivity contribution in [1.29, 1.82) is 0 Å². The van der Waals surface area contributed by atoms with Crippen LogP contribution in [0.2, 0.25) is 0 Å². The van der Waals surface area contributed by atoms with Crippen LogP contribution in [-0.4, -0.2) is 10.2 Å². The summed E-state index contributed by atoms with van der Waals surface area (Å²) >= 11 is 0. The minimum atomic E-state index is -4.32. The van der Waals surface area contributed by atoms with Gasteiger partial charge in [0.15, 0.2) is 0 Å². The van der Waals surface area contributed by atoms with Gasteiger partial charge in [-0.15, -0.1) is 10.2 Å². The molecule has 0 saturated carbocycles. The zero-order valence-electron chi connectivity index (χ0n) is 9.24. The van der Waals surface area contributed by atoms with E-state index in [2.05, 4.69) is 10.2 Å². The van der Waals surface area contributed by atoms with Crippen LogP contribution in [0.4, 0.5) is 13.2 Å². The average Bonchev–Trinajstić information content (AvgIpc) is 2.76. The number of rotatable bonds is 3. The Morgan fingerprint density at radius 1 is 1.06 bits per heavy atom. The molecule has 0 saturated heterocycles. The fourth-order valence-electron chi connectivity index (χ4n) is 1.43. The summed E-state index contributed by atoms with van der Waals surface area (Å²) in [6.07, 6.45) is -4.04. The number of nitrogens with two attached hydrogens (primary N) is 1.